The summed E-state index contributed by atoms with van der Waals surface area (Å²) in [5, 5.41) is 3.48. The maximum absolute atomic E-state index is 4.21. The summed E-state index contributed by atoms with van der Waals surface area (Å²) in [6.07, 6.45) is 4.97. The van der Waals surface area contributed by atoms with Gasteiger partial charge in [-0.15, -0.1) is 0 Å². The number of aromatic nitrogens is 2. The van der Waals surface area contributed by atoms with Crippen LogP contribution in [0.5, 0.6) is 0 Å². The van der Waals surface area contributed by atoms with E-state index in [1.807, 2.05) is 19.3 Å². The molecule has 18 heavy (non-hydrogen) atoms. The molecule has 1 aromatic heterocycles. The van der Waals surface area contributed by atoms with Crippen molar-refractivity contribution in [3.05, 3.63) is 53.6 Å². The maximum Gasteiger partial charge on any atom is 0.105 e. The third kappa shape index (κ3) is 3.44. The van der Waals surface area contributed by atoms with Gasteiger partial charge in [0.15, 0.2) is 0 Å². The van der Waals surface area contributed by atoms with Crippen LogP contribution in [0, 0.1) is 13.8 Å². The molecule has 0 saturated heterocycles. The highest BCUT2D eigenvalue weighted by Gasteiger charge is 1.98. The lowest BCUT2D eigenvalue weighted by Gasteiger charge is -2.08. The molecule has 0 aliphatic rings. The lowest BCUT2D eigenvalue weighted by atomic mass is 10.1. The topological polar surface area (TPSA) is 29.9 Å². The van der Waals surface area contributed by atoms with E-state index in [0.717, 1.165) is 31.9 Å². The first-order valence-corrected chi connectivity index (χ1v) is 6.50. The molecule has 0 aliphatic heterocycles. The molecule has 2 aromatic rings. The van der Waals surface area contributed by atoms with E-state index < -0.39 is 0 Å². The van der Waals surface area contributed by atoms with Crippen LogP contribution in [0.3, 0.4) is 0 Å². The zero-order valence-electron chi connectivity index (χ0n) is 11.2. The number of imidazole rings is 1. The summed E-state index contributed by atoms with van der Waals surface area (Å²) < 4.78 is 2.17. The monoisotopic (exact) mass is 243 g/mol. The minimum Gasteiger partial charge on any atom is -0.334 e. The van der Waals surface area contributed by atoms with E-state index in [0.29, 0.717) is 0 Å². The first-order valence-electron chi connectivity index (χ1n) is 6.50. The van der Waals surface area contributed by atoms with Gasteiger partial charge in [-0.25, -0.2) is 4.98 Å². The van der Waals surface area contributed by atoms with Crippen LogP contribution in [0.15, 0.2) is 36.7 Å². The summed E-state index contributed by atoms with van der Waals surface area (Å²) in [6, 6.07) is 8.58. The predicted molar refractivity (Wildman–Crippen MR) is 74.7 cm³/mol. The number of benzene rings is 1. The van der Waals surface area contributed by atoms with Crippen LogP contribution in [0.4, 0.5) is 0 Å². The second-order valence-electron chi connectivity index (χ2n) is 4.59. The molecule has 3 nitrogen and oxygen atoms in total. The van der Waals surface area contributed by atoms with Gasteiger partial charge in [-0.05, 0) is 37.9 Å². The van der Waals surface area contributed by atoms with Gasteiger partial charge in [-0.2, -0.15) is 0 Å². The molecule has 1 heterocycles. The van der Waals surface area contributed by atoms with Crippen molar-refractivity contribution in [2.75, 3.05) is 13.1 Å². The van der Waals surface area contributed by atoms with E-state index in [4.69, 9.17) is 0 Å². The summed E-state index contributed by atoms with van der Waals surface area (Å²) in [6.45, 7) is 7.21. The highest BCUT2D eigenvalue weighted by molar-refractivity contribution is 5.25. The molecule has 0 atom stereocenters. The first-order chi connectivity index (χ1) is 8.77. The van der Waals surface area contributed by atoms with Crippen molar-refractivity contribution in [1.29, 1.82) is 0 Å². The number of nitrogens with one attached hydrogen (secondary N) is 1. The average Bonchev–Trinajstić information content (AvgIpc) is 2.77. The van der Waals surface area contributed by atoms with E-state index in [1.165, 1.54) is 11.1 Å². The summed E-state index contributed by atoms with van der Waals surface area (Å²) in [5.74, 6) is 1.08. The smallest absolute Gasteiger partial charge is 0.105 e. The molecule has 1 aromatic carbocycles. The van der Waals surface area contributed by atoms with Gasteiger partial charge in [0.2, 0.25) is 0 Å². The molecular formula is C15H21N3. The van der Waals surface area contributed by atoms with Crippen molar-refractivity contribution in [2.24, 2.45) is 0 Å². The highest BCUT2D eigenvalue weighted by Crippen LogP contribution is 2.06. The Bertz CT molecular complexity index is 488. The Hall–Kier alpha value is -1.61. The fraction of sp³-hybridized carbons (Fsp3) is 0.400. The Labute approximate surface area is 109 Å². The van der Waals surface area contributed by atoms with Gasteiger partial charge < -0.3 is 9.88 Å². The van der Waals surface area contributed by atoms with Crippen molar-refractivity contribution in [2.45, 2.75) is 26.8 Å². The third-order valence-corrected chi connectivity index (χ3v) is 3.29. The molecule has 0 bridgehead atoms. The number of aryl methyl sites for hydroxylation is 2. The lowest BCUT2D eigenvalue weighted by molar-refractivity contribution is 0.588. The standard InChI is InChI=1S/C15H21N3/c1-13-5-3-4-6-15(13)7-8-16-9-11-18-12-10-17-14(18)2/h3-6,10,12,16H,7-9,11H2,1-2H3. The predicted octanol–water partition coefficient (Wildman–Crippen LogP) is 2.33. The molecule has 0 saturated carbocycles. The van der Waals surface area contributed by atoms with Crippen LogP contribution in [-0.2, 0) is 13.0 Å². The fourth-order valence-electron chi connectivity index (χ4n) is 2.08. The van der Waals surface area contributed by atoms with Crippen LogP contribution in [0.25, 0.3) is 0 Å². The van der Waals surface area contributed by atoms with E-state index >= 15 is 0 Å². The number of rotatable bonds is 6. The number of hydrogen-bond acceptors (Lipinski definition) is 2. The Balaban J connectivity index is 1.68. The van der Waals surface area contributed by atoms with E-state index in [9.17, 15) is 0 Å². The molecule has 0 spiro atoms. The minimum atomic E-state index is 0.986. The van der Waals surface area contributed by atoms with Gasteiger partial charge >= 0.3 is 0 Å². The van der Waals surface area contributed by atoms with Gasteiger partial charge in [0.05, 0.1) is 0 Å². The molecule has 0 unspecified atom stereocenters. The van der Waals surface area contributed by atoms with Crippen LogP contribution in [-0.4, -0.2) is 22.6 Å². The molecule has 2 rings (SSSR count). The Morgan fingerprint density at radius 1 is 1.17 bits per heavy atom. The van der Waals surface area contributed by atoms with Crippen molar-refractivity contribution in [3.8, 4) is 0 Å². The molecule has 1 N–H and O–H groups in total. The molecule has 3 heteroatoms. The van der Waals surface area contributed by atoms with E-state index in [2.05, 4.69) is 46.1 Å². The minimum absolute atomic E-state index is 0.986. The zero-order valence-corrected chi connectivity index (χ0v) is 11.2. The van der Waals surface area contributed by atoms with Crippen LogP contribution < -0.4 is 5.32 Å². The third-order valence-electron chi connectivity index (χ3n) is 3.29. The maximum atomic E-state index is 4.21. The summed E-state index contributed by atoms with van der Waals surface area (Å²) in [7, 11) is 0. The van der Waals surface area contributed by atoms with Crippen molar-refractivity contribution < 1.29 is 0 Å². The molecular weight excluding hydrogens is 222 g/mol. The molecule has 0 aliphatic carbocycles. The summed E-state index contributed by atoms with van der Waals surface area (Å²) in [5.41, 5.74) is 2.81. The largest absolute Gasteiger partial charge is 0.334 e. The highest BCUT2D eigenvalue weighted by atomic mass is 15.1. The van der Waals surface area contributed by atoms with Gasteiger partial charge in [0.25, 0.3) is 0 Å². The Morgan fingerprint density at radius 2 is 2.00 bits per heavy atom. The SMILES string of the molecule is Cc1ccccc1CCNCCn1ccnc1C. The van der Waals surface area contributed by atoms with E-state index in [1.54, 1.807) is 0 Å². The molecule has 0 fully saturated rings. The van der Waals surface area contributed by atoms with Gasteiger partial charge in [0.1, 0.15) is 5.82 Å². The lowest BCUT2D eigenvalue weighted by Crippen LogP contribution is -2.22. The fourth-order valence-corrected chi connectivity index (χ4v) is 2.08. The van der Waals surface area contributed by atoms with Crippen LogP contribution in [0.2, 0.25) is 0 Å². The number of hydrogen-bond donors (Lipinski definition) is 1. The van der Waals surface area contributed by atoms with E-state index in [-0.39, 0.29) is 0 Å². The normalized spacial score (nSPS) is 10.8. The molecule has 0 radical (unpaired) electrons. The molecule has 0 amide bonds. The van der Waals surface area contributed by atoms with Gasteiger partial charge in [0, 0.05) is 25.5 Å². The summed E-state index contributed by atoms with van der Waals surface area (Å²) in [4.78, 5) is 4.21. The van der Waals surface area contributed by atoms with Gasteiger partial charge in [-0.3, -0.25) is 0 Å². The zero-order chi connectivity index (χ0) is 12.8. The van der Waals surface area contributed by atoms with Crippen LogP contribution >= 0.6 is 0 Å². The van der Waals surface area contributed by atoms with Crippen molar-refractivity contribution >= 4 is 0 Å². The van der Waals surface area contributed by atoms with Gasteiger partial charge in [-0.1, -0.05) is 24.3 Å². The summed E-state index contributed by atoms with van der Waals surface area (Å²) >= 11 is 0. The second-order valence-corrected chi connectivity index (χ2v) is 4.59. The Kier molecular flexibility index (Phi) is 4.53. The Morgan fingerprint density at radius 3 is 2.72 bits per heavy atom. The molecule has 96 valence electrons. The van der Waals surface area contributed by atoms with Crippen molar-refractivity contribution in [3.63, 3.8) is 0 Å². The average molecular weight is 243 g/mol. The van der Waals surface area contributed by atoms with Crippen LogP contribution in [0.1, 0.15) is 17.0 Å². The number of nitrogens with zero attached hydrogens (tertiary/aromatic N) is 2. The second kappa shape index (κ2) is 6.36. The van der Waals surface area contributed by atoms with Crippen molar-refractivity contribution in [1.82, 2.24) is 14.9 Å². The quantitative estimate of drug-likeness (QED) is 0.789. The first kappa shape index (κ1) is 12.8.